The molecular weight excluding hydrogens is 242 g/mol. The summed E-state index contributed by atoms with van der Waals surface area (Å²) in [5.74, 6) is -1.18. The monoisotopic (exact) mass is 248 g/mol. The van der Waals surface area contributed by atoms with Crippen molar-refractivity contribution < 1.29 is 13.9 Å². The summed E-state index contributed by atoms with van der Waals surface area (Å²) in [7, 11) is 1.24. The van der Waals surface area contributed by atoms with Gasteiger partial charge in [-0.25, -0.2) is 9.18 Å². The quantitative estimate of drug-likeness (QED) is 0.456. The van der Waals surface area contributed by atoms with Gasteiger partial charge < -0.3 is 4.74 Å². The van der Waals surface area contributed by atoms with E-state index in [1.165, 1.54) is 19.3 Å². The van der Waals surface area contributed by atoms with Gasteiger partial charge in [-0.05, 0) is 23.8 Å². The van der Waals surface area contributed by atoms with Crippen LogP contribution in [0.15, 0.2) is 18.2 Å². The minimum absolute atomic E-state index is 0.0837. The van der Waals surface area contributed by atoms with Crippen molar-refractivity contribution in [2.45, 2.75) is 0 Å². The van der Waals surface area contributed by atoms with Crippen molar-refractivity contribution in [2.75, 3.05) is 7.11 Å². The Kier molecular flexibility index (Phi) is 4.12. The van der Waals surface area contributed by atoms with Crippen molar-refractivity contribution in [1.29, 1.82) is 0 Å². The number of hydrogen-bond donors (Lipinski definition) is 0. The summed E-state index contributed by atoms with van der Waals surface area (Å²) in [5, 5.41) is 0.126. The van der Waals surface area contributed by atoms with Gasteiger partial charge in [0.1, 0.15) is 5.82 Å². The highest BCUT2D eigenvalue weighted by Gasteiger charge is 2.06. The first-order valence-electron chi connectivity index (χ1n) is 3.95. The van der Waals surface area contributed by atoms with Gasteiger partial charge in [0, 0.05) is 11.1 Å². The molecule has 1 rings (SSSR count). The van der Waals surface area contributed by atoms with Crippen molar-refractivity contribution in [3.63, 3.8) is 0 Å². The molecule has 0 fully saturated rings. The van der Waals surface area contributed by atoms with Crippen molar-refractivity contribution >= 4 is 35.2 Å². The van der Waals surface area contributed by atoms with Crippen LogP contribution < -0.4 is 0 Å². The molecule has 0 spiro atoms. The van der Waals surface area contributed by atoms with Crippen molar-refractivity contribution in [3.05, 3.63) is 39.6 Å². The molecule has 0 saturated heterocycles. The predicted molar refractivity (Wildman–Crippen MR) is 57.5 cm³/mol. The molecule has 0 N–H and O–H groups in total. The van der Waals surface area contributed by atoms with Crippen LogP contribution >= 0.6 is 23.2 Å². The van der Waals surface area contributed by atoms with Crippen LogP contribution in [0.2, 0.25) is 10.0 Å². The fourth-order valence-corrected chi connectivity index (χ4v) is 1.31. The zero-order chi connectivity index (χ0) is 11.4. The highest BCUT2D eigenvalue weighted by atomic mass is 35.5. The van der Waals surface area contributed by atoms with Crippen LogP contribution in [0.25, 0.3) is 6.08 Å². The van der Waals surface area contributed by atoms with Crippen molar-refractivity contribution in [2.24, 2.45) is 0 Å². The maximum atomic E-state index is 13.1. The summed E-state index contributed by atoms with van der Waals surface area (Å²) >= 11 is 11.3. The fraction of sp³-hybridized carbons (Fsp3) is 0.100. The third-order valence-corrected chi connectivity index (χ3v) is 2.24. The maximum Gasteiger partial charge on any atom is 0.330 e. The average Bonchev–Trinajstić information content (AvgIpc) is 2.20. The molecular formula is C10H7Cl2FO2. The zero-order valence-electron chi connectivity index (χ0n) is 7.76. The molecule has 2 nitrogen and oxygen atoms in total. The van der Waals surface area contributed by atoms with Crippen LogP contribution in [0.4, 0.5) is 4.39 Å². The predicted octanol–water partition coefficient (Wildman–Crippen LogP) is 3.32. The Hall–Kier alpha value is -1.06. The molecule has 0 aliphatic carbocycles. The Bertz CT molecular complexity index is 416. The molecule has 5 heteroatoms. The van der Waals surface area contributed by atoms with Crippen LogP contribution in [-0.2, 0) is 9.53 Å². The lowest BCUT2D eigenvalue weighted by Gasteiger charge is -2.00. The van der Waals surface area contributed by atoms with Crippen molar-refractivity contribution in [3.8, 4) is 0 Å². The lowest BCUT2D eigenvalue weighted by atomic mass is 10.2. The normalized spacial score (nSPS) is 10.7. The topological polar surface area (TPSA) is 26.3 Å². The first-order valence-corrected chi connectivity index (χ1v) is 4.70. The SMILES string of the molecule is COC(=O)C=Cc1cc(Cl)cc(F)c1Cl. The maximum absolute atomic E-state index is 13.1. The van der Waals surface area contributed by atoms with Crippen LogP contribution in [-0.4, -0.2) is 13.1 Å². The number of esters is 1. The summed E-state index contributed by atoms with van der Waals surface area (Å²) in [6, 6.07) is 2.55. The lowest BCUT2D eigenvalue weighted by Crippen LogP contribution is -1.93. The number of benzene rings is 1. The van der Waals surface area contributed by atoms with Crippen LogP contribution in [0.5, 0.6) is 0 Å². The molecule has 0 aliphatic rings. The van der Waals surface area contributed by atoms with Gasteiger partial charge in [0.15, 0.2) is 0 Å². The van der Waals surface area contributed by atoms with Crippen LogP contribution in [0, 0.1) is 5.82 Å². The van der Waals surface area contributed by atoms with E-state index in [9.17, 15) is 9.18 Å². The second-order valence-electron chi connectivity index (χ2n) is 2.65. The van der Waals surface area contributed by atoms with Gasteiger partial charge in [-0.3, -0.25) is 0 Å². The summed E-state index contributed by atoms with van der Waals surface area (Å²) in [4.78, 5) is 10.8. The molecule has 0 radical (unpaired) electrons. The molecule has 0 atom stereocenters. The van der Waals surface area contributed by atoms with Gasteiger partial charge in [0.05, 0.1) is 12.1 Å². The van der Waals surface area contributed by atoms with E-state index in [-0.39, 0.29) is 10.0 Å². The number of methoxy groups -OCH3 is 1. The Balaban J connectivity index is 3.04. The van der Waals surface area contributed by atoms with E-state index in [1.54, 1.807) is 0 Å². The Morgan fingerprint density at radius 3 is 2.73 bits per heavy atom. The summed E-state index contributed by atoms with van der Waals surface area (Å²) < 4.78 is 17.5. The molecule has 0 heterocycles. The summed E-state index contributed by atoms with van der Waals surface area (Å²) in [6.45, 7) is 0. The molecule has 0 aromatic heterocycles. The number of hydrogen-bond acceptors (Lipinski definition) is 2. The molecule has 1 aromatic rings. The first kappa shape index (κ1) is 12.0. The number of rotatable bonds is 2. The highest BCUT2D eigenvalue weighted by molar-refractivity contribution is 6.34. The van der Waals surface area contributed by atoms with Crippen molar-refractivity contribution in [1.82, 2.24) is 0 Å². The van der Waals surface area contributed by atoms with E-state index >= 15 is 0 Å². The largest absolute Gasteiger partial charge is 0.466 e. The second kappa shape index (κ2) is 5.14. The third-order valence-electron chi connectivity index (χ3n) is 1.62. The summed E-state index contributed by atoms with van der Waals surface area (Å²) in [6.07, 6.45) is 2.47. The fourth-order valence-electron chi connectivity index (χ4n) is 0.923. The summed E-state index contributed by atoms with van der Waals surface area (Å²) in [5.41, 5.74) is 0.326. The van der Waals surface area contributed by atoms with E-state index in [4.69, 9.17) is 23.2 Å². The molecule has 0 bridgehead atoms. The Labute approximate surface area is 96.2 Å². The van der Waals surface area contributed by atoms with E-state index < -0.39 is 11.8 Å². The molecule has 80 valence electrons. The highest BCUT2D eigenvalue weighted by Crippen LogP contribution is 2.25. The molecule has 1 aromatic carbocycles. The number of ether oxygens (including phenoxy) is 1. The average molecular weight is 249 g/mol. The van der Waals surface area contributed by atoms with Crippen LogP contribution in [0.1, 0.15) is 5.56 Å². The standard InChI is InChI=1S/C10H7Cl2FO2/c1-15-9(14)3-2-6-4-7(11)5-8(13)10(6)12/h2-5H,1H3. The number of carbonyl (C=O) groups is 1. The number of carbonyl (C=O) groups excluding carboxylic acids is 1. The minimum Gasteiger partial charge on any atom is -0.466 e. The molecule has 0 unspecified atom stereocenters. The smallest absolute Gasteiger partial charge is 0.330 e. The van der Waals surface area contributed by atoms with Gasteiger partial charge >= 0.3 is 5.97 Å². The zero-order valence-corrected chi connectivity index (χ0v) is 9.27. The van der Waals surface area contributed by atoms with E-state index in [0.29, 0.717) is 5.56 Å². The second-order valence-corrected chi connectivity index (χ2v) is 3.46. The number of halogens is 3. The third kappa shape index (κ3) is 3.22. The molecule has 0 aliphatic heterocycles. The van der Waals surface area contributed by atoms with Gasteiger partial charge in [-0.2, -0.15) is 0 Å². The molecule has 15 heavy (non-hydrogen) atoms. The Morgan fingerprint density at radius 1 is 1.47 bits per heavy atom. The first-order chi connectivity index (χ1) is 7.04. The van der Waals surface area contributed by atoms with E-state index in [0.717, 1.165) is 12.1 Å². The minimum atomic E-state index is -0.631. The lowest BCUT2D eigenvalue weighted by molar-refractivity contribution is -0.134. The Morgan fingerprint density at radius 2 is 2.13 bits per heavy atom. The van der Waals surface area contributed by atoms with Crippen LogP contribution in [0.3, 0.4) is 0 Å². The van der Waals surface area contributed by atoms with Gasteiger partial charge in [-0.15, -0.1) is 0 Å². The van der Waals surface area contributed by atoms with Gasteiger partial charge in [-0.1, -0.05) is 23.2 Å². The molecule has 0 amide bonds. The van der Waals surface area contributed by atoms with Gasteiger partial charge in [0.2, 0.25) is 0 Å². The van der Waals surface area contributed by atoms with E-state index in [1.807, 2.05) is 0 Å². The van der Waals surface area contributed by atoms with Gasteiger partial charge in [0.25, 0.3) is 0 Å². The van der Waals surface area contributed by atoms with E-state index in [2.05, 4.69) is 4.74 Å². The molecule has 0 saturated carbocycles.